The van der Waals surface area contributed by atoms with Gasteiger partial charge in [0, 0.05) is 36.1 Å². The van der Waals surface area contributed by atoms with Gasteiger partial charge in [0.15, 0.2) is 0 Å². The maximum absolute atomic E-state index is 12.2. The number of hydrogen-bond donors (Lipinski definition) is 1. The monoisotopic (exact) mass is 503 g/mol. The second-order valence-corrected chi connectivity index (χ2v) is 8.78. The zero-order valence-corrected chi connectivity index (χ0v) is 20.4. The molecule has 9 nitrogen and oxygen atoms in total. The number of carbonyl (C=O) groups excluding carboxylic acids is 3. The van der Waals surface area contributed by atoms with Crippen LogP contribution in [0, 0.1) is 0 Å². The first-order valence-corrected chi connectivity index (χ1v) is 11.8. The molecule has 0 aromatic heterocycles. The van der Waals surface area contributed by atoms with Crippen LogP contribution in [0.5, 0.6) is 23.0 Å². The zero-order valence-electron chi connectivity index (χ0n) is 20.4. The van der Waals surface area contributed by atoms with Gasteiger partial charge in [0.1, 0.15) is 28.6 Å². The average Bonchev–Trinajstić information content (AvgIpc) is 3.23. The minimum Gasteiger partial charge on any atom is -0.497 e. The van der Waals surface area contributed by atoms with Crippen LogP contribution in [0.1, 0.15) is 41.5 Å². The standard InChI is InChI=1S/C28H25NO8/c1-34-19-8-10-21-23(15-19)36-24-16-20(35-2)9-11-22(24)28(21,33)18-6-3-17(4-7-18)5-14-27(32)37-29-25(30)12-13-26(29)31/h3-4,6-11,15-16,33H,5,12-14H2,1-2H3. The summed E-state index contributed by atoms with van der Waals surface area (Å²) in [5, 5.41) is 12.7. The highest BCUT2D eigenvalue weighted by Gasteiger charge is 2.42. The van der Waals surface area contributed by atoms with E-state index in [0.717, 1.165) is 5.56 Å². The van der Waals surface area contributed by atoms with Crippen molar-refractivity contribution in [3.63, 3.8) is 0 Å². The molecule has 3 aromatic carbocycles. The van der Waals surface area contributed by atoms with Gasteiger partial charge < -0.3 is 24.2 Å². The van der Waals surface area contributed by atoms with E-state index in [-0.39, 0.29) is 19.3 Å². The number of aryl methyl sites for hydroxylation is 1. The van der Waals surface area contributed by atoms with Crippen LogP contribution in [-0.2, 0) is 31.2 Å². The van der Waals surface area contributed by atoms with Crippen molar-refractivity contribution >= 4 is 17.8 Å². The Morgan fingerprint density at radius 2 is 1.43 bits per heavy atom. The van der Waals surface area contributed by atoms with Gasteiger partial charge in [-0.1, -0.05) is 24.3 Å². The Balaban J connectivity index is 1.40. The Bertz CT molecular complexity index is 1310. The molecule has 0 saturated carbocycles. The molecule has 2 aliphatic rings. The average molecular weight is 504 g/mol. The summed E-state index contributed by atoms with van der Waals surface area (Å²) in [4.78, 5) is 40.4. The lowest BCUT2D eigenvalue weighted by Crippen LogP contribution is -2.32. The quantitative estimate of drug-likeness (QED) is 0.487. The molecule has 2 heterocycles. The van der Waals surface area contributed by atoms with Gasteiger partial charge >= 0.3 is 5.97 Å². The highest BCUT2D eigenvalue weighted by molar-refractivity contribution is 6.01. The molecule has 37 heavy (non-hydrogen) atoms. The summed E-state index contributed by atoms with van der Waals surface area (Å²) >= 11 is 0. The Kier molecular flexibility index (Phi) is 6.31. The van der Waals surface area contributed by atoms with E-state index < -0.39 is 23.4 Å². The molecule has 0 spiro atoms. The summed E-state index contributed by atoms with van der Waals surface area (Å²) in [6.07, 6.45) is 0.416. The van der Waals surface area contributed by atoms with Crippen LogP contribution >= 0.6 is 0 Å². The first-order valence-electron chi connectivity index (χ1n) is 11.8. The molecule has 0 aliphatic carbocycles. The Morgan fingerprint density at radius 1 is 0.892 bits per heavy atom. The molecule has 5 rings (SSSR count). The second-order valence-electron chi connectivity index (χ2n) is 8.78. The van der Waals surface area contributed by atoms with Crippen LogP contribution < -0.4 is 14.2 Å². The molecule has 1 saturated heterocycles. The van der Waals surface area contributed by atoms with Crippen molar-refractivity contribution in [2.75, 3.05) is 14.2 Å². The van der Waals surface area contributed by atoms with E-state index in [1.165, 1.54) is 0 Å². The summed E-state index contributed by atoms with van der Waals surface area (Å²) in [6.45, 7) is 0. The van der Waals surface area contributed by atoms with Gasteiger partial charge in [0.25, 0.3) is 11.8 Å². The van der Waals surface area contributed by atoms with E-state index in [0.29, 0.717) is 51.2 Å². The molecule has 0 radical (unpaired) electrons. The second kappa shape index (κ2) is 9.59. The largest absolute Gasteiger partial charge is 0.497 e. The number of nitrogens with zero attached hydrogens (tertiary/aromatic N) is 1. The minimum atomic E-state index is -1.52. The highest BCUT2D eigenvalue weighted by atomic mass is 16.7. The number of fused-ring (bicyclic) bond motifs is 2. The van der Waals surface area contributed by atoms with Crippen molar-refractivity contribution in [3.05, 3.63) is 82.9 Å². The third-order valence-electron chi connectivity index (χ3n) is 6.57. The first kappa shape index (κ1) is 24.3. The molecular formula is C28H25NO8. The van der Waals surface area contributed by atoms with Crippen LogP contribution in [0.15, 0.2) is 60.7 Å². The topological polar surface area (TPSA) is 112 Å². The normalized spacial score (nSPS) is 15.5. The lowest BCUT2D eigenvalue weighted by atomic mass is 9.78. The third kappa shape index (κ3) is 4.38. The minimum absolute atomic E-state index is 0.0141. The van der Waals surface area contributed by atoms with Crippen molar-refractivity contribution in [2.24, 2.45) is 0 Å². The lowest BCUT2D eigenvalue weighted by Gasteiger charge is -2.36. The number of hydroxylamine groups is 2. The van der Waals surface area contributed by atoms with Gasteiger partial charge in [0.05, 0.1) is 20.6 Å². The van der Waals surface area contributed by atoms with Crippen molar-refractivity contribution < 1.29 is 38.5 Å². The summed E-state index contributed by atoms with van der Waals surface area (Å²) in [6, 6.07) is 17.7. The molecule has 9 heteroatoms. The Hall–Kier alpha value is -4.37. The van der Waals surface area contributed by atoms with Gasteiger partial charge in [-0.2, -0.15) is 0 Å². The van der Waals surface area contributed by atoms with Crippen molar-refractivity contribution in [2.45, 2.75) is 31.3 Å². The van der Waals surface area contributed by atoms with Gasteiger partial charge in [-0.15, -0.1) is 5.06 Å². The zero-order chi connectivity index (χ0) is 26.2. The number of rotatable bonds is 7. The summed E-state index contributed by atoms with van der Waals surface area (Å²) in [7, 11) is 3.12. The van der Waals surface area contributed by atoms with E-state index in [1.54, 1.807) is 62.8 Å². The van der Waals surface area contributed by atoms with E-state index in [1.807, 2.05) is 12.1 Å². The number of methoxy groups -OCH3 is 2. The highest BCUT2D eigenvalue weighted by Crippen LogP contribution is 2.51. The maximum atomic E-state index is 12.2. The van der Waals surface area contributed by atoms with Gasteiger partial charge in [-0.25, -0.2) is 4.79 Å². The van der Waals surface area contributed by atoms with Crippen molar-refractivity contribution in [1.82, 2.24) is 5.06 Å². The van der Waals surface area contributed by atoms with Gasteiger partial charge in [0.2, 0.25) is 0 Å². The van der Waals surface area contributed by atoms with Gasteiger partial charge in [-0.3, -0.25) is 9.59 Å². The van der Waals surface area contributed by atoms with E-state index >= 15 is 0 Å². The fourth-order valence-corrected chi connectivity index (χ4v) is 4.56. The molecule has 1 N–H and O–H groups in total. The molecule has 1 fully saturated rings. The molecule has 0 unspecified atom stereocenters. The number of ether oxygens (including phenoxy) is 3. The maximum Gasteiger partial charge on any atom is 0.333 e. The van der Waals surface area contributed by atoms with Crippen molar-refractivity contribution in [1.29, 1.82) is 0 Å². The number of amides is 2. The van der Waals surface area contributed by atoms with E-state index in [2.05, 4.69) is 0 Å². The molecule has 2 amide bonds. The predicted octanol–water partition coefficient (Wildman–Crippen LogP) is 3.63. The molecular weight excluding hydrogens is 478 g/mol. The van der Waals surface area contributed by atoms with E-state index in [9.17, 15) is 19.5 Å². The predicted molar refractivity (Wildman–Crippen MR) is 130 cm³/mol. The number of benzene rings is 3. The number of aliphatic hydroxyl groups is 1. The van der Waals surface area contributed by atoms with Crippen LogP contribution in [-0.4, -0.2) is 42.2 Å². The SMILES string of the molecule is COc1ccc2c(c1)Oc1cc(OC)ccc1C2(O)c1ccc(CCC(=O)ON2C(=O)CCC2=O)cc1. The fourth-order valence-electron chi connectivity index (χ4n) is 4.56. The van der Waals surface area contributed by atoms with Crippen LogP contribution in [0.4, 0.5) is 0 Å². The molecule has 3 aromatic rings. The number of imide groups is 1. The fraction of sp³-hybridized carbons (Fsp3) is 0.250. The smallest absolute Gasteiger partial charge is 0.333 e. The Labute approximate surface area is 213 Å². The van der Waals surface area contributed by atoms with Crippen LogP contribution in [0.25, 0.3) is 0 Å². The third-order valence-corrected chi connectivity index (χ3v) is 6.57. The lowest BCUT2D eigenvalue weighted by molar-refractivity contribution is -0.197. The Morgan fingerprint density at radius 3 is 1.95 bits per heavy atom. The van der Waals surface area contributed by atoms with Crippen LogP contribution in [0.3, 0.4) is 0 Å². The first-order chi connectivity index (χ1) is 17.8. The van der Waals surface area contributed by atoms with E-state index in [4.69, 9.17) is 19.0 Å². The summed E-state index contributed by atoms with van der Waals surface area (Å²) in [5.41, 5.74) is 1.02. The summed E-state index contributed by atoms with van der Waals surface area (Å²) in [5.74, 6) is 0.410. The van der Waals surface area contributed by atoms with Crippen LogP contribution in [0.2, 0.25) is 0 Å². The van der Waals surface area contributed by atoms with Crippen molar-refractivity contribution in [3.8, 4) is 23.0 Å². The molecule has 190 valence electrons. The summed E-state index contributed by atoms with van der Waals surface area (Å²) < 4.78 is 16.8. The number of hydrogen-bond acceptors (Lipinski definition) is 8. The number of carbonyl (C=O) groups is 3. The molecule has 0 bridgehead atoms. The molecule has 2 aliphatic heterocycles. The molecule has 0 atom stereocenters. The van der Waals surface area contributed by atoms with Gasteiger partial charge in [-0.05, 0) is 41.8 Å².